The lowest BCUT2D eigenvalue weighted by Gasteiger charge is -2.43. The molecule has 0 saturated heterocycles. The second kappa shape index (κ2) is 10.8. The molecule has 4 heteroatoms. The van der Waals surface area contributed by atoms with Crippen molar-refractivity contribution in [2.24, 2.45) is 0 Å². The van der Waals surface area contributed by atoms with Gasteiger partial charge in [-0.2, -0.15) is 0 Å². The van der Waals surface area contributed by atoms with Gasteiger partial charge in [0.05, 0.1) is 12.1 Å². The van der Waals surface area contributed by atoms with Crippen LogP contribution in [0.3, 0.4) is 0 Å². The minimum absolute atomic E-state index is 0.00550. The van der Waals surface area contributed by atoms with Crippen molar-refractivity contribution in [3.63, 3.8) is 0 Å². The number of hydrogen-bond donors (Lipinski definition) is 0. The van der Waals surface area contributed by atoms with Gasteiger partial charge in [0.25, 0.3) is 0 Å². The minimum Gasteiger partial charge on any atom is -0.333 e. The summed E-state index contributed by atoms with van der Waals surface area (Å²) in [5.74, 6) is -0.197. The highest BCUT2D eigenvalue weighted by molar-refractivity contribution is 5.82. The normalized spacial score (nSPS) is 17.9. The van der Waals surface area contributed by atoms with Crippen LogP contribution < -0.4 is 0 Å². The van der Waals surface area contributed by atoms with Crippen LogP contribution in [0.15, 0.2) is 97.1 Å². The molecule has 0 saturated carbocycles. The van der Waals surface area contributed by atoms with Gasteiger partial charge in [-0.1, -0.05) is 91.0 Å². The molecule has 0 fully saturated rings. The summed E-state index contributed by atoms with van der Waals surface area (Å²) in [5, 5.41) is 0. The number of carbonyl (C=O) groups excluding carboxylic acids is 1. The first-order chi connectivity index (χ1) is 19.0. The molecular formula is C35H35FN2O. The summed E-state index contributed by atoms with van der Waals surface area (Å²) in [6, 6.07) is 32.0. The zero-order chi connectivity index (χ0) is 26.9. The fourth-order valence-corrected chi connectivity index (χ4v) is 6.58. The molecule has 1 amide bonds. The Balaban J connectivity index is 1.36. The Kier molecular flexibility index (Phi) is 7.05. The predicted molar refractivity (Wildman–Crippen MR) is 154 cm³/mol. The molecule has 2 atom stereocenters. The molecule has 0 aromatic heterocycles. The average molecular weight is 519 g/mol. The molecular weight excluding hydrogens is 483 g/mol. The van der Waals surface area contributed by atoms with Gasteiger partial charge in [-0.3, -0.25) is 9.69 Å². The number of nitrogens with zero attached hydrogens (tertiary/aromatic N) is 2. The van der Waals surface area contributed by atoms with Crippen molar-refractivity contribution in [3.8, 4) is 0 Å². The summed E-state index contributed by atoms with van der Waals surface area (Å²) < 4.78 is 14.9. The fraction of sp³-hybridized carbons (Fsp3) is 0.286. The second-order valence-electron chi connectivity index (χ2n) is 11.0. The van der Waals surface area contributed by atoms with Crippen LogP contribution in [0.1, 0.15) is 51.9 Å². The predicted octanol–water partition coefficient (Wildman–Crippen LogP) is 6.67. The summed E-state index contributed by atoms with van der Waals surface area (Å²) in [5.41, 5.74) is 8.20. The third kappa shape index (κ3) is 4.90. The Morgan fingerprint density at radius 3 is 2.13 bits per heavy atom. The number of carbonyl (C=O) groups is 1. The Morgan fingerprint density at radius 1 is 0.846 bits per heavy atom. The van der Waals surface area contributed by atoms with E-state index in [4.69, 9.17) is 0 Å². The van der Waals surface area contributed by atoms with Crippen molar-refractivity contribution in [2.45, 2.75) is 57.8 Å². The second-order valence-corrected chi connectivity index (χ2v) is 11.0. The number of amides is 1. The number of halogens is 1. The molecule has 1 aliphatic heterocycles. The first-order valence-electron chi connectivity index (χ1n) is 14.0. The Labute approximate surface area is 230 Å². The molecule has 0 spiro atoms. The molecule has 39 heavy (non-hydrogen) atoms. The maximum Gasteiger partial charge on any atom is 0.240 e. The molecule has 198 valence electrons. The van der Waals surface area contributed by atoms with Crippen LogP contribution in [0.2, 0.25) is 0 Å². The van der Waals surface area contributed by atoms with Crippen LogP contribution in [0.25, 0.3) is 0 Å². The van der Waals surface area contributed by atoms with E-state index in [9.17, 15) is 9.18 Å². The molecule has 2 aliphatic rings. The van der Waals surface area contributed by atoms with E-state index in [-0.39, 0.29) is 36.4 Å². The van der Waals surface area contributed by atoms with Gasteiger partial charge < -0.3 is 4.90 Å². The van der Waals surface area contributed by atoms with Crippen molar-refractivity contribution in [3.05, 3.63) is 142 Å². The number of benzene rings is 4. The molecule has 0 radical (unpaired) electrons. The van der Waals surface area contributed by atoms with Crippen molar-refractivity contribution in [1.82, 2.24) is 9.80 Å². The van der Waals surface area contributed by atoms with Gasteiger partial charge in [0.15, 0.2) is 0 Å². The summed E-state index contributed by atoms with van der Waals surface area (Å²) in [4.78, 5) is 18.9. The third-order valence-electron chi connectivity index (χ3n) is 8.71. The summed E-state index contributed by atoms with van der Waals surface area (Å²) >= 11 is 0. The van der Waals surface area contributed by atoms with Crippen LogP contribution in [-0.2, 0) is 30.6 Å². The quantitative estimate of drug-likeness (QED) is 0.285. The zero-order valence-electron chi connectivity index (χ0n) is 22.7. The van der Waals surface area contributed by atoms with Gasteiger partial charge in [-0.05, 0) is 72.6 Å². The zero-order valence-corrected chi connectivity index (χ0v) is 22.7. The molecule has 3 nitrogen and oxygen atoms in total. The lowest BCUT2D eigenvalue weighted by Crippen LogP contribution is -2.53. The van der Waals surface area contributed by atoms with E-state index >= 15 is 0 Å². The monoisotopic (exact) mass is 518 g/mol. The number of aryl methyl sites for hydroxylation is 1. The first kappa shape index (κ1) is 25.5. The maximum absolute atomic E-state index is 14.9. The van der Waals surface area contributed by atoms with Crippen LogP contribution >= 0.6 is 0 Å². The van der Waals surface area contributed by atoms with E-state index in [1.54, 1.807) is 12.1 Å². The molecule has 4 aromatic carbocycles. The van der Waals surface area contributed by atoms with Crippen LogP contribution in [0.5, 0.6) is 0 Å². The summed E-state index contributed by atoms with van der Waals surface area (Å²) in [6.45, 7) is 5.25. The molecule has 0 bridgehead atoms. The van der Waals surface area contributed by atoms with Gasteiger partial charge >= 0.3 is 0 Å². The highest BCUT2D eigenvalue weighted by Crippen LogP contribution is 2.38. The molecule has 0 unspecified atom stereocenters. The van der Waals surface area contributed by atoms with Crippen molar-refractivity contribution >= 4 is 5.91 Å². The highest BCUT2D eigenvalue weighted by Gasteiger charge is 2.39. The Bertz CT molecular complexity index is 1470. The van der Waals surface area contributed by atoms with Gasteiger partial charge in [0, 0.05) is 24.7 Å². The van der Waals surface area contributed by atoms with E-state index < -0.39 is 0 Å². The first-order valence-corrected chi connectivity index (χ1v) is 14.0. The van der Waals surface area contributed by atoms with E-state index in [1.165, 1.54) is 39.4 Å². The molecule has 4 aromatic rings. The smallest absolute Gasteiger partial charge is 0.240 e. The Morgan fingerprint density at radius 2 is 1.44 bits per heavy atom. The topological polar surface area (TPSA) is 23.6 Å². The maximum atomic E-state index is 14.9. The van der Waals surface area contributed by atoms with Gasteiger partial charge in [0.2, 0.25) is 5.91 Å². The number of rotatable bonds is 6. The third-order valence-corrected chi connectivity index (χ3v) is 8.71. The van der Waals surface area contributed by atoms with Crippen molar-refractivity contribution < 1.29 is 9.18 Å². The van der Waals surface area contributed by atoms with Gasteiger partial charge in [-0.15, -0.1) is 0 Å². The minimum atomic E-state index is -0.363. The molecule has 1 heterocycles. The SMILES string of the molecule is Cc1ccccc1[C@@H]1c2ccccc2CCN1[C@@H](C)C(=O)N(Cc1ccccc1F)C1Cc2ccccc2C1. The highest BCUT2D eigenvalue weighted by atomic mass is 19.1. The summed E-state index contributed by atoms with van der Waals surface area (Å²) in [6.07, 6.45) is 2.50. The largest absolute Gasteiger partial charge is 0.333 e. The number of hydrogen-bond acceptors (Lipinski definition) is 2. The molecule has 1 aliphatic carbocycles. The fourth-order valence-electron chi connectivity index (χ4n) is 6.58. The lowest BCUT2D eigenvalue weighted by molar-refractivity contribution is -0.140. The van der Waals surface area contributed by atoms with Crippen molar-refractivity contribution in [1.29, 1.82) is 0 Å². The standard InChI is InChI=1S/C35H35FN2O/c1-24-11-3-8-16-31(24)34-32-17-9-6-12-26(32)19-20-37(34)25(2)35(39)38(23-29-15-7-10-18-33(29)36)30-21-27-13-4-5-14-28(27)22-30/h3-18,25,30,34H,19-23H2,1-2H3/t25-,34+/m0/s1. The lowest BCUT2D eigenvalue weighted by atomic mass is 9.85. The Hall–Kier alpha value is -3.76. The van der Waals surface area contributed by atoms with E-state index in [2.05, 4.69) is 84.6 Å². The summed E-state index contributed by atoms with van der Waals surface area (Å²) in [7, 11) is 0. The van der Waals surface area contributed by atoms with Crippen LogP contribution in [0.4, 0.5) is 4.39 Å². The van der Waals surface area contributed by atoms with Crippen LogP contribution in [0, 0.1) is 12.7 Å². The van der Waals surface area contributed by atoms with Gasteiger partial charge in [-0.25, -0.2) is 4.39 Å². The van der Waals surface area contributed by atoms with Crippen LogP contribution in [-0.4, -0.2) is 34.3 Å². The van der Waals surface area contributed by atoms with Gasteiger partial charge in [0.1, 0.15) is 5.82 Å². The number of fused-ring (bicyclic) bond motifs is 2. The van der Waals surface area contributed by atoms with E-state index in [0.29, 0.717) is 5.56 Å². The van der Waals surface area contributed by atoms with E-state index in [0.717, 1.165) is 25.8 Å². The molecule has 6 rings (SSSR count). The average Bonchev–Trinajstić information content (AvgIpc) is 3.40. The van der Waals surface area contributed by atoms with E-state index in [1.807, 2.05) is 17.9 Å². The molecule has 0 N–H and O–H groups in total. The van der Waals surface area contributed by atoms with Crippen molar-refractivity contribution in [2.75, 3.05) is 6.54 Å².